The smallest absolute Gasteiger partial charge is 0.127 e. The van der Waals surface area contributed by atoms with Crippen LogP contribution in [0.4, 0.5) is 4.39 Å². The number of nitrogens with zero attached hydrogens (tertiary/aromatic N) is 1. The van der Waals surface area contributed by atoms with Crippen LogP contribution in [0.1, 0.15) is 18.9 Å². The zero-order valence-corrected chi connectivity index (χ0v) is 10.7. The van der Waals surface area contributed by atoms with Gasteiger partial charge in [0.25, 0.3) is 0 Å². The van der Waals surface area contributed by atoms with Crippen molar-refractivity contribution in [2.24, 2.45) is 0 Å². The van der Waals surface area contributed by atoms with Gasteiger partial charge in [-0.3, -0.25) is 0 Å². The number of benzene rings is 1. The highest BCUT2D eigenvalue weighted by molar-refractivity contribution is 5.28. The molecule has 96 valence electrons. The first kappa shape index (κ1) is 13.9. The van der Waals surface area contributed by atoms with Crippen LogP contribution in [0.3, 0.4) is 0 Å². The number of phenols is 1. The van der Waals surface area contributed by atoms with Crippen molar-refractivity contribution in [3.8, 4) is 5.75 Å². The van der Waals surface area contributed by atoms with Crippen molar-refractivity contribution in [1.29, 1.82) is 0 Å². The second-order valence-corrected chi connectivity index (χ2v) is 4.69. The molecule has 17 heavy (non-hydrogen) atoms. The van der Waals surface area contributed by atoms with Crippen LogP contribution in [-0.4, -0.2) is 36.7 Å². The van der Waals surface area contributed by atoms with Crippen LogP contribution in [0.5, 0.6) is 5.75 Å². The Hall–Kier alpha value is -1.13. The van der Waals surface area contributed by atoms with E-state index >= 15 is 0 Å². The van der Waals surface area contributed by atoms with E-state index in [1.165, 1.54) is 6.07 Å². The second kappa shape index (κ2) is 6.57. The molecule has 0 fully saturated rings. The van der Waals surface area contributed by atoms with E-state index in [1.807, 2.05) is 14.1 Å². The van der Waals surface area contributed by atoms with Gasteiger partial charge < -0.3 is 15.3 Å². The summed E-state index contributed by atoms with van der Waals surface area (Å²) in [6.45, 7) is 3.69. The van der Waals surface area contributed by atoms with Crippen molar-refractivity contribution in [1.82, 2.24) is 10.2 Å². The van der Waals surface area contributed by atoms with Crippen LogP contribution in [0.2, 0.25) is 0 Å². The second-order valence-electron chi connectivity index (χ2n) is 4.69. The molecule has 4 heteroatoms. The summed E-state index contributed by atoms with van der Waals surface area (Å²) in [7, 11) is 4.08. The van der Waals surface area contributed by atoms with Crippen molar-refractivity contribution < 1.29 is 9.50 Å². The molecule has 0 aliphatic rings. The number of aromatic hydroxyl groups is 1. The quantitative estimate of drug-likeness (QED) is 0.798. The molecule has 0 aliphatic carbocycles. The third-order valence-corrected chi connectivity index (χ3v) is 2.61. The first-order valence-electron chi connectivity index (χ1n) is 5.84. The van der Waals surface area contributed by atoms with Crippen molar-refractivity contribution >= 4 is 0 Å². The molecular formula is C13H21FN2O. The normalized spacial score (nSPS) is 13.0. The molecule has 3 nitrogen and oxygen atoms in total. The Kier molecular flexibility index (Phi) is 5.38. The van der Waals surface area contributed by atoms with E-state index in [9.17, 15) is 9.50 Å². The molecule has 1 aromatic rings. The molecule has 0 saturated carbocycles. The molecule has 1 aromatic carbocycles. The molecule has 0 saturated heterocycles. The summed E-state index contributed by atoms with van der Waals surface area (Å²) in [6.07, 6.45) is 1.04. The summed E-state index contributed by atoms with van der Waals surface area (Å²) < 4.78 is 13.0. The highest BCUT2D eigenvalue weighted by Crippen LogP contribution is 2.14. The highest BCUT2D eigenvalue weighted by atomic mass is 19.1. The summed E-state index contributed by atoms with van der Waals surface area (Å²) in [5.74, 6) is -0.425. The first-order chi connectivity index (χ1) is 7.97. The maximum absolute atomic E-state index is 13.0. The third-order valence-electron chi connectivity index (χ3n) is 2.61. The van der Waals surface area contributed by atoms with Crippen LogP contribution in [0.15, 0.2) is 18.2 Å². The summed E-state index contributed by atoms with van der Waals surface area (Å²) in [4.78, 5) is 2.13. The monoisotopic (exact) mass is 240 g/mol. The van der Waals surface area contributed by atoms with Gasteiger partial charge in [0.15, 0.2) is 0 Å². The van der Waals surface area contributed by atoms with Crippen LogP contribution >= 0.6 is 0 Å². The molecule has 1 atom stereocenters. The largest absolute Gasteiger partial charge is 0.508 e. The van der Waals surface area contributed by atoms with E-state index in [0.29, 0.717) is 12.6 Å². The average molecular weight is 240 g/mol. The zero-order valence-electron chi connectivity index (χ0n) is 10.7. The van der Waals surface area contributed by atoms with Crippen molar-refractivity contribution in [3.05, 3.63) is 29.6 Å². The molecule has 2 N–H and O–H groups in total. The lowest BCUT2D eigenvalue weighted by molar-refractivity contribution is 0.365. The minimum Gasteiger partial charge on any atom is -0.508 e. The zero-order chi connectivity index (χ0) is 12.8. The minimum absolute atomic E-state index is 0.0252. The van der Waals surface area contributed by atoms with Gasteiger partial charge in [0.2, 0.25) is 0 Å². The van der Waals surface area contributed by atoms with E-state index in [2.05, 4.69) is 17.1 Å². The molecule has 0 aromatic heterocycles. The van der Waals surface area contributed by atoms with Crippen LogP contribution in [0, 0.1) is 5.82 Å². The van der Waals surface area contributed by atoms with E-state index in [-0.39, 0.29) is 5.75 Å². The Labute approximate surface area is 102 Å². The SMILES string of the molecule is CC(CCN(C)C)NCc1cc(O)cc(F)c1. The van der Waals surface area contributed by atoms with Crippen molar-refractivity contribution in [3.63, 3.8) is 0 Å². The maximum atomic E-state index is 13.0. The fourth-order valence-corrected chi connectivity index (χ4v) is 1.58. The Morgan fingerprint density at radius 3 is 2.65 bits per heavy atom. The predicted octanol–water partition coefficient (Wildman–Crippen LogP) is 1.96. The summed E-state index contributed by atoms with van der Waals surface area (Å²) in [6, 6.07) is 4.49. The average Bonchev–Trinajstić information content (AvgIpc) is 2.22. The summed E-state index contributed by atoms with van der Waals surface area (Å²) >= 11 is 0. The van der Waals surface area contributed by atoms with Gasteiger partial charge in [-0.05, 0) is 51.7 Å². The van der Waals surface area contributed by atoms with Crippen LogP contribution in [0.25, 0.3) is 0 Å². The highest BCUT2D eigenvalue weighted by Gasteiger charge is 2.04. The van der Waals surface area contributed by atoms with Gasteiger partial charge in [-0.15, -0.1) is 0 Å². The number of rotatable bonds is 6. The van der Waals surface area contributed by atoms with E-state index in [0.717, 1.165) is 24.6 Å². The lowest BCUT2D eigenvalue weighted by Crippen LogP contribution is -2.29. The van der Waals surface area contributed by atoms with Crippen molar-refractivity contribution in [2.45, 2.75) is 25.9 Å². The number of halogens is 1. The molecule has 0 heterocycles. The standard InChI is InChI=1S/C13H21FN2O/c1-10(4-5-16(2)3)15-9-11-6-12(14)8-13(17)7-11/h6-8,10,15,17H,4-5,9H2,1-3H3. The van der Waals surface area contributed by atoms with Gasteiger partial charge in [-0.2, -0.15) is 0 Å². The maximum Gasteiger partial charge on any atom is 0.127 e. The first-order valence-corrected chi connectivity index (χ1v) is 5.84. The summed E-state index contributed by atoms with van der Waals surface area (Å²) in [5, 5.41) is 12.6. The number of hydrogen-bond donors (Lipinski definition) is 2. The topological polar surface area (TPSA) is 35.5 Å². The molecule has 0 aliphatic heterocycles. The Balaban J connectivity index is 2.39. The van der Waals surface area contributed by atoms with Gasteiger partial charge in [0, 0.05) is 18.7 Å². The molecule has 0 radical (unpaired) electrons. The fourth-order valence-electron chi connectivity index (χ4n) is 1.58. The molecule has 0 spiro atoms. The van der Waals surface area contributed by atoms with Crippen molar-refractivity contribution in [2.75, 3.05) is 20.6 Å². The van der Waals surface area contributed by atoms with Gasteiger partial charge in [0.05, 0.1) is 0 Å². The molecular weight excluding hydrogens is 219 g/mol. The lowest BCUT2D eigenvalue weighted by Gasteiger charge is -2.16. The minimum atomic E-state index is -0.400. The van der Waals surface area contributed by atoms with Gasteiger partial charge in [-0.1, -0.05) is 0 Å². The molecule has 0 amide bonds. The number of phenolic OH excluding ortho intramolecular Hbond substituents is 1. The van der Waals surface area contributed by atoms with Crippen LogP contribution < -0.4 is 5.32 Å². The van der Waals surface area contributed by atoms with E-state index < -0.39 is 5.82 Å². The number of nitrogens with one attached hydrogen (secondary N) is 1. The Morgan fingerprint density at radius 1 is 1.35 bits per heavy atom. The fraction of sp³-hybridized carbons (Fsp3) is 0.538. The summed E-state index contributed by atoms with van der Waals surface area (Å²) in [5.41, 5.74) is 0.763. The Morgan fingerprint density at radius 2 is 2.06 bits per heavy atom. The predicted molar refractivity (Wildman–Crippen MR) is 67.5 cm³/mol. The van der Waals surface area contributed by atoms with Gasteiger partial charge >= 0.3 is 0 Å². The van der Waals surface area contributed by atoms with Gasteiger partial charge in [-0.25, -0.2) is 4.39 Å². The molecule has 1 unspecified atom stereocenters. The Bertz CT molecular complexity index is 335. The third kappa shape index (κ3) is 5.65. The van der Waals surface area contributed by atoms with Gasteiger partial charge in [0.1, 0.15) is 11.6 Å². The molecule has 1 rings (SSSR count). The lowest BCUT2D eigenvalue weighted by atomic mass is 10.1. The van der Waals surface area contributed by atoms with E-state index in [1.54, 1.807) is 6.07 Å². The van der Waals surface area contributed by atoms with E-state index in [4.69, 9.17) is 0 Å². The van der Waals surface area contributed by atoms with Crippen LogP contribution in [-0.2, 0) is 6.54 Å². The molecule has 0 bridgehead atoms. The number of hydrogen-bond acceptors (Lipinski definition) is 3.